The molecule has 1 fully saturated rings. The molecule has 3 nitrogen and oxygen atoms in total. The maximum absolute atomic E-state index is 9.41. The molecule has 0 bridgehead atoms. The lowest BCUT2D eigenvalue weighted by Gasteiger charge is -2.18. The van der Waals surface area contributed by atoms with Crippen molar-refractivity contribution in [2.45, 2.75) is 26.2 Å². The summed E-state index contributed by atoms with van der Waals surface area (Å²) >= 11 is 0. The maximum Gasteiger partial charge on any atom is 0.126 e. The highest BCUT2D eigenvalue weighted by Crippen LogP contribution is 2.49. The van der Waals surface area contributed by atoms with Gasteiger partial charge in [-0.1, -0.05) is 0 Å². The minimum absolute atomic E-state index is 0.104. The predicted octanol–water partition coefficient (Wildman–Crippen LogP) is 2.33. The first-order valence-electron chi connectivity index (χ1n) is 5.96. The van der Waals surface area contributed by atoms with Crippen LogP contribution >= 0.6 is 0 Å². The molecule has 1 N–H and O–H groups in total. The molecule has 1 aromatic carbocycles. The van der Waals surface area contributed by atoms with Gasteiger partial charge in [0.15, 0.2) is 0 Å². The molecule has 3 heteroatoms. The molecule has 0 radical (unpaired) electrons. The fourth-order valence-corrected chi connectivity index (χ4v) is 2.22. The van der Waals surface area contributed by atoms with Gasteiger partial charge < -0.3 is 14.6 Å². The third-order valence-electron chi connectivity index (χ3n) is 3.71. The second-order valence-electron chi connectivity index (χ2n) is 4.96. The van der Waals surface area contributed by atoms with E-state index >= 15 is 0 Å². The van der Waals surface area contributed by atoms with Crippen LogP contribution in [0.1, 0.15) is 24.0 Å². The summed E-state index contributed by atoms with van der Waals surface area (Å²) in [6.45, 7) is 2.33. The quantitative estimate of drug-likeness (QED) is 0.852. The second-order valence-corrected chi connectivity index (χ2v) is 4.96. The highest BCUT2D eigenvalue weighted by atomic mass is 16.5. The van der Waals surface area contributed by atoms with Gasteiger partial charge in [0.1, 0.15) is 11.5 Å². The Labute approximate surface area is 102 Å². The summed E-state index contributed by atoms with van der Waals surface area (Å²) in [5.41, 5.74) is 2.47. The SMILES string of the molecule is COc1cc(C)c(CC2(CO)CC2)c(OC)c1. The minimum atomic E-state index is 0.104. The zero-order valence-electron chi connectivity index (χ0n) is 10.7. The number of benzene rings is 1. The van der Waals surface area contributed by atoms with Crippen molar-refractivity contribution in [3.8, 4) is 11.5 Å². The first kappa shape index (κ1) is 12.2. The molecule has 17 heavy (non-hydrogen) atoms. The molecule has 0 heterocycles. The van der Waals surface area contributed by atoms with Gasteiger partial charge in [-0.05, 0) is 48.8 Å². The number of hydrogen-bond donors (Lipinski definition) is 1. The van der Waals surface area contributed by atoms with E-state index in [1.165, 1.54) is 11.1 Å². The Morgan fingerprint density at radius 1 is 1.24 bits per heavy atom. The smallest absolute Gasteiger partial charge is 0.126 e. The first-order chi connectivity index (χ1) is 8.14. The Morgan fingerprint density at radius 3 is 2.41 bits per heavy atom. The van der Waals surface area contributed by atoms with Gasteiger partial charge in [-0.25, -0.2) is 0 Å². The van der Waals surface area contributed by atoms with Crippen LogP contribution in [0, 0.1) is 12.3 Å². The summed E-state index contributed by atoms with van der Waals surface area (Å²) in [4.78, 5) is 0. The molecule has 0 amide bonds. The molecule has 94 valence electrons. The van der Waals surface area contributed by atoms with Crippen molar-refractivity contribution in [1.29, 1.82) is 0 Å². The number of aryl methyl sites for hydroxylation is 1. The lowest BCUT2D eigenvalue weighted by atomic mass is 9.93. The van der Waals surface area contributed by atoms with Crippen molar-refractivity contribution in [3.63, 3.8) is 0 Å². The van der Waals surface area contributed by atoms with Crippen LogP contribution in [0.2, 0.25) is 0 Å². The Hall–Kier alpha value is -1.22. The molecule has 0 spiro atoms. The van der Waals surface area contributed by atoms with Gasteiger partial charge in [0.2, 0.25) is 0 Å². The topological polar surface area (TPSA) is 38.7 Å². The van der Waals surface area contributed by atoms with Gasteiger partial charge in [-0.15, -0.1) is 0 Å². The third kappa shape index (κ3) is 2.39. The number of aliphatic hydroxyl groups excluding tert-OH is 1. The van der Waals surface area contributed by atoms with E-state index in [1.807, 2.05) is 12.1 Å². The van der Waals surface area contributed by atoms with E-state index in [1.54, 1.807) is 14.2 Å². The molecule has 1 aromatic rings. The van der Waals surface area contributed by atoms with Crippen LogP contribution in [0.5, 0.6) is 11.5 Å². The molecule has 1 saturated carbocycles. The minimum Gasteiger partial charge on any atom is -0.497 e. The van der Waals surface area contributed by atoms with Crippen LogP contribution in [-0.4, -0.2) is 25.9 Å². The normalized spacial score (nSPS) is 16.7. The third-order valence-corrected chi connectivity index (χ3v) is 3.71. The molecular weight excluding hydrogens is 216 g/mol. The molecule has 0 unspecified atom stereocenters. The van der Waals surface area contributed by atoms with Crippen LogP contribution in [0.3, 0.4) is 0 Å². The summed E-state index contributed by atoms with van der Waals surface area (Å²) in [5, 5.41) is 9.41. The van der Waals surface area contributed by atoms with Crippen LogP contribution in [0.15, 0.2) is 12.1 Å². The molecule has 0 atom stereocenters. The largest absolute Gasteiger partial charge is 0.497 e. The van der Waals surface area contributed by atoms with Crippen LogP contribution < -0.4 is 9.47 Å². The summed E-state index contributed by atoms with van der Waals surface area (Å²) in [6.07, 6.45) is 3.11. The Kier molecular flexibility index (Phi) is 3.29. The Balaban J connectivity index is 2.32. The second kappa shape index (κ2) is 4.57. The molecule has 2 rings (SSSR count). The van der Waals surface area contributed by atoms with Gasteiger partial charge in [-0.3, -0.25) is 0 Å². The summed E-state index contributed by atoms with van der Waals surface area (Å²) in [6, 6.07) is 3.93. The van der Waals surface area contributed by atoms with E-state index in [2.05, 4.69) is 6.92 Å². The first-order valence-corrected chi connectivity index (χ1v) is 5.96. The maximum atomic E-state index is 9.41. The van der Waals surface area contributed by atoms with E-state index in [0.29, 0.717) is 0 Å². The van der Waals surface area contributed by atoms with Crippen LogP contribution in [-0.2, 0) is 6.42 Å². The van der Waals surface area contributed by atoms with Gasteiger partial charge in [0.05, 0.1) is 14.2 Å². The van der Waals surface area contributed by atoms with Crippen molar-refractivity contribution < 1.29 is 14.6 Å². The lowest BCUT2D eigenvalue weighted by Crippen LogP contribution is -2.12. The molecule has 1 aliphatic rings. The standard InChI is InChI=1S/C14H20O3/c1-10-6-11(16-2)7-13(17-3)12(10)8-14(9-15)4-5-14/h6-7,15H,4-5,8-9H2,1-3H3. The number of ether oxygens (including phenoxy) is 2. The monoisotopic (exact) mass is 236 g/mol. The van der Waals surface area contributed by atoms with Crippen molar-refractivity contribution in [2.24, 2.45) is 5.41 Å². The van der Waals surface area contributed by atoms with Crippen molar-refractivity contribution in [2.75, 3.05) is 20.8 Å². The van der Waals surface area contributed by atoms with E-state index < -0.39 is 0 Å². The van der Waals surface area contributed by atoms with E-state index in [-0.39, 0.29) is 12.0 Å². The van der Waals surface area contributed by atoms with Gasteiger partial charge >= 0.3 is 0 Å². The van der Waals surface area contributed by atoms with Crippen LogP contribution in [0.25, 0.3) is 0 Å². The molecule has 0 saturated heterocycles. The van der Waals surface area contributed by atoms with Gasteiger partial charge in [-0.2, -0.15) is 0 Å². The highest BCUT2D eigenvalue weighted by Gasteiger charge is 2.42. The highest BCUT2D eigenvalue weighted by molar-refractivity contribution is 5.47. The fraction of sp³-hybridized carbons (Fsp3) is 0.571. The molecule has 0 aliphatic heterocycles. The lowest BCUT2D eigenvalue weighted by molar-refractivity contribution is 0.210. The number of hydrogen-bond acceptors (Lipinski definition) is 3. The summed E-state index contributed by atoms with van der Waals surface area (Å²) in [7, 11) is 3.33. The Bertz CT molecular complexity index is 408. The van der Waals surface area contributed by atoms with Crippen molar-refractivity contribution >= 4 is 0 Å². The van der Waals surface area contributed by atoms with Gasteiger partial charge in [0, 0.05) is 12.7 Å². The van der Waals surface area contributed by atoms with Gasteiger partial charge in [0.25, 0.3) is 0 Å². The van der Waals surface area contributed by atoms with Crippen molar-refractivity contribution in [1.82, 2.24) is 0 Å². The fourth-order valence-electron chi connectivity index (χ4n) is 2.22. The molecule has 0 aromatic heterocycles. The zero-order valence-corrected chi connectivity index (χ0v) is 10.7. The van der Waals surface area contributed by atoms with Crippen molar-refractivity contribution in [3.05, 3.63) is 23.3 Å². The zero-order chi connectivity index (χ0) is 12.5. The Morgan fingerprint density at radius 2 is 1.94 bits per heavy atom. The average Bonchev–Trinajstić information content (AvgIpc) is 3.12. The van der Waals surface area contributed by atoms with E-state index in [0.717, 1.165) is 30.8 Å². The predicted molar refractivity (Wildman–Crippen MR) is 66.7 cm³/mol. The summed E-state index contributed by atoms with van der Waals surface area (Å²) in [5.74, 6) is 1.68. The van der Waals surface area contributed by atoms with E-state index in [9.17, 15) is 5.11 Å². The number of rotatable bonds is 5. The molecule has 1 aliphatic carbocycles. The summed E-state index contributed by atoms with van der Waals surface area (Å²) < 4.78 is 10.7. The number of aliphatic hydroxyl groups is 1. The average molecular weight is 236 g/mol. The number of methoxy groups -OCH3 is 2. The van der Waals surface area contributed by atoms with Crippen LogP contribution in [0.4, 0.5) is 0 Å². The molecular formula is C14H20O3. The van der Waals surface area contributed by atoms with E-state index in [4.69, 9.17) is 9.47 Å².